The number of rotatable bonds is 5. The number of amides is 2. The van der Waals surface area contributed by atoms with Crippen molar-refractivity contribution in [1.29, 1.82) is 0 Å². The summed E-state index contributed by atoms with van der Waals surface area (Å²) in [5, 5.41) is 0. The number of hydrogen-bond donors (Lipinski definition) is 2. The lowest BCUT2D eigenvalue weighted by molar-refractivity contribution is -0.121. The second-order valence-electron chi connectivity index (χ2n) is 5.58. The van der Waals surface area contributed by atoms with E-state index in [0.29, 0.717) is 12.0 Å². The van der Waals surface area contributed by atoms with Gasteiger partial charge in [0.05, 0.1) is 0 Å². The monoisotopic (exact) mass is 329 g/mol. The van der Waals surface area contributed by atoms with Crippen molar-refractivity contribution in [1.82, 2.24) is 10.9 Å². The van der Waals surface area contributed by atoms with Crippen LogP contribution in [0.25, 0.3) is 0 Å². The van der Waals surface area contributed by atoms with Gasteiger partial charge in [-0.25, -0.2) is 4.39 Å². The maximum atomic E-state index is 13.1. The lowest BCUT2D eigenvalue weighted by atomic mass is 10.1. The van der Waals surface area contributed by atoms with E-state index in [4.69, 9.17) is 0 Å². The number of carbonyl (C=O) groups is 2. The van der Waals surface area contributed by atoms with Crippen molar-refractivity contribution in [2.75, 3.05) is 19.0 Å². The van der Waals surface area contributed by atoms with Crippen molar-refractivity contribution in [2.45, 2.75) is 12.8 Å². The molecule has 0 unspecified atom stereocenters. The van der Waals surface area contributed by atoms with E-state index in [2.05, 4.69) is 10.9 Å². The van der Waals surface area contributed by atoms with Crippen molar-refractivity contribution in [3.8, 4) is 0 Å². The standard InChI is InChI=1S/C18H20FN3O2/c1-22(2)16-8-4-6-14(12-16)18(24)21-20-17(23)10-9-13-5-3-7-15(19)11-13/h3-8,11-12H,9-10H2,1-2H3,(H,20,23)(H,21,24). The van der Waals surface area contributed by atoms with Crippen molar-refractivity contribution in [3.63, 3.8) is 0 Å². The first-order valence-electron chi connectivity index (χ1n) is 7.57. The van der Waals surface area contributed by atoms with Crippen LogP contribution in [-0.2, 0) is 11.2 Å². The van der Waals surface area contributed by atoms with Gasteiger partial charge in [-0.15, -0.1) is 0 Å². The van der Waals surface area contributed by atoms with Gasteiger partial charge in [0.15, 0.2) is 0 Å². The normalized spacial score (nSPS) is 10.1. The van der Waals surface area contributed by atoms with Gasteiger partial charge < -0.3 is 4.90 Å². The molecule has 0 aromatic heterocycles. The Balaban J connectivity index is 1.83. The molecule has 126 valence electrons. The number of hydrazine groups is 1. The molecule has 0 radical (unpaired) electrons. The number of halogens is 1. The molecule has 0 bridgehead atoms. The summed E-state index contributed by atoms with van der Waals surface area (Å²) in [5.41, 5.74) is 6.82. The maximum Gasteiger partial charge on any atom is 0.269 e. The molecule has 6 heteroatoms. The topological polar surface area (TPSA) is 61.4 Å². The molecule has 2 aromatic carbocycles. The molecule has 2 aromatic rings. The van der Waals surface area contributed by atoms with Gasteiger partial charge in [0, 0.05) is 31.8 Å². The lowest BCUT2D eigenvalue weighted by Crippen LogP contribution is -2.41. The van der Waals surface area contributed by atoms with Gasteiger partial charge in [-0.1, -0.05) is 18.2 Å². The summed E-state index contributed by atoms with van der Waals surface area (Å²) in [6, 6.07) is 13.1. The van der Waals surface area contributed by atoms with E-state index < -0.39 is 5.91 Å². The second-order valence-corrected chi connectivity index (χ2v) is 5.58. The van der Waals surface area contributed by atoms with Crippen molar-refractivity contribution < 1.29 is 14.0 Å². The van der Waals surface area contributed by atoms with Crippen molar-refractivity contribution in [3.05, 3.63) is 65.5 Å². The smallest absolute Gasteiger partial charge is 0.269 e. The highest BCUT2D eigenvalue weighted by atomic mass is 19.1. The SMILES string of the molecule is CN(C)c1cccc(C(=O)NNC(=O)CCc2cccc(F)c2)c1. The third kappa shape index (κ3) is 5.08. The predicted molar refractivity (Wildman–Crippen MR) is 91.1 cm³/mol. The third-order valence-electron chi connectivity index (χ3n) is 3.47. The first-order chi connectivity index (χ1) is 11.5. The Morgan fingerprint density at radius 3 is 2.50 bits per heavy atom. The zero-order chi connectivity index (χ0) is 17.5. The molecule has 0 atom stereocenters. The predicted octanol–water partition coefficient (Wildman–Crippen LogP) is 2.29. The Labute approximate surface area is 140 Å². The Bertz CT molecular complexity index is 732. The summed E-state index contributed by atoms with van der Waals surface area (Å²) in [6.07, 6.45) is 0.553. The molecule has 2 amide bonds. The van der Waals surface area contributed by atoms with Crippen LogP contribution in [0.1, 0.15) is 22.3 Å². The largest absolute Gasteiger partial charge is 0.378 e. The van der Waals surface area contributed by atoms with Gasteiger partial charge in [-0.2, -0.15) is 0 Å². The van der Waals surface area contributed by atoms with E-state index in [1.165, 1.54) is 12.1 Å². The fourth-order valence-corrected chi connectivity index (χ4v) is 2.14. The van der Waals surface area contributed by atoms with Crippen LogP contribution >= 0.6 is 0 Å². The van der Waals surface area contributed by atoms with Crippen LogP contribution in [-0.4, -0.2) is 25.9 Å². The zero-order valence-corrected chi connectivity index (χ0v) is 13.7. The van der Waals surface area contributed by atoms with Crippen LogP contribution < -0.4 is 15.8 Å². The Morgan fingerprint density at radius 1 is 1.04 bits per heavy atom. The zero-order valence-electron chi connectivity index (χ0n) is 13.7. The van der Waals surface area contributed by atoms with E-state index in [0.717, 1.165) is 11.3 Å². The highest BCUT2D eigenvalue weighted by molar-refractivity contribution is 5.96. The minimum absolute atomic E-state index is 0.154. The molecule has 0 spiro atoms. The number of anilines is 1. The van der Waals surface area contributed by atoms with Crippen molar-refractivity contribution >= 4 is 17.5 Å². The third-order valence-corrected chi connectivity index (χ3v) is 3.47. The Kier molecular flexibility index (Phi) is 5.89. The molecular formula is C18H20FN3O2. The average molecular weight is 329 g/mol. The minimum atomic E-state index is -0.391. The molecule has 2 rings (SSSR count). The lowest BCUT2D eigenvalue weighted by Gasteiger charge is -2.13. The molecule has 2 N–H and O–H groups in total. The quantitative estimate of drug-likeness (QED) is 0.828. The van der Waals surface area contributed by atoms with Gasteiger partial charge in [-0.3, -0.25) is 20.4 Å². The second kappa shape index (κ2) is 8.10. The summed E-state index contributed by atoms with van der Waals surface area (Å²) in [7, 11) is 3.76. The van der Waals surface area contributed by atoms with E-state index in [1.807, 2.05) is 25.1 Å². The number of benzene rings is 2. The van der Waals surface area contributed by atoms with Gasteiger partial charge in [0.2, 0.25) is 5.91 Å². The van der Waals surface area contributed by atoms with Gasteiger partial charge in [0.25, 0.3) is 5.91 Å². The van der Waals surface area contributed by atoms with E-state index in [1.54, 1.807) is 30.3 Å². The molecule has 0 heterocycles. The summed E-state index contributed by atoms with van der Waals surface area (Å²) in [5.74, 6) is -1.06. The summed E-state index contributed by atoms with van der Waals surface area (Å²) < 4.78 is 13.1. The van der Waals surface area contributed by atoms with E-state index >= 15 is 0 Å². The fraction of sp³-hybridized carbons (Fsp3) is 0.222. The van der Waals surface area contributed by atoms with Gasteiger partial charge in [-0.05, 0) is 42.3 Å². The Morgan fingerprint density at radius 2 is 1.79 bits per heavy atom. The number of carbonyl (C=O) groups excluding carboxylic acids is 2. The van der Waals surface area contributed by atoms with Gasteiger partial charge in [0.1, 0.15) is 5.82 Å². The molecule has 24 heavy (non-hydrogen) atoms. The van der Waals surface area contributed by atoms with E-state index in [-0.39, 0.29) is 18.1 Å². The van der Waals surface area contributed by atoms with Crippen molar-refractivity contribution in [2.24, 2.45) is 0 Å². The van der Waals surface area contributed by atoms with Crippen LogP contribution in [0.4, 0.5) is 10.1 Å². The van der Waals surface area contributed by atoms with E-state index in [9.17, 15) is 14.0 Å². The molecule has 0 saturated carbocycles. The molecule has 0 fully saturated rings. The first kappa shape index (κ1) is 17.5. The maximum absolute atomic E-state index is 13.1. The molecule has 0 saturated heterocycles. The Hall–Kier alpha value is -2.89. The molecular weight excluding hydrogens is 309 g/mol. The highest BCUT2D eigenvalue weighted by Gasteiger charge is 2.09. The van der Waals surface area contributed by atoms with Crippen LogP contribution in [0.5, 0.6) is 0 Å². The minimum Gasteiger partial charge on any atom is -0.378 e. The van der Waals surface area contributed by atoms with Crippen LogP contribution in [0.2, 0.25) is 0 Å². The number of nitrogens with zero attached hydrogens (tertiary/aromatic N) is 1. The molecule has 0 aliphatic heterocycles. The van der Waals surface area contributed by atoms with Gasteiger partial charge >= 0.3 is 0 Å². The molecule has 5 nitrogen and oxygen atoms in total. The number of hydrogen-bond acceptors (Lipinski definition) is 3. The first-order valence-corrected chi connectivity index (χ1v) is 7.57. The number of nitrogens with one attached hydrogen (secondary N) is 2. The summed E-state index contributed by atoms with van der Waals surface area (Å²) >= 11 is 0. The van der Waals surface area contributed by atoms with Crippen LogP contribution in [0.3, 0.4) is 0 Å². The molecule has 0 aliphatic carbocycles. The average Bonchev–Trinajstić information content (AvgIpc) is 2.58. The fourth-order valence-electron chi connectivity index (χ4n) is 2.14. The van der Waals surface area contributed by atoms with Crippen LogP contribution in [0.15, 0.2) is 48.5 Å². The summed E-state index contributed by atoms with van der Waals surface area (Å²) in [6.45, 7) is 0. The highest BCUT2D eigenvalue weighted by Crippen LogP contribution is 2.13. The number of aryl methyl sites for hydroxylation is 1. The summed E-state index contributed by atoms with van der Waals surface area (Å²) in [4.78, 5) is 25.7. The van der Waals surface area contributed by atoms with Crippen LogP contribution in [0, 0.1) is 5.82 Å². The molecule has 0 aliphatic rings.